The topological polar surface area (TPSA) is 155 Å². The molecule has 2 N–H and O–H groups in total. The van der Waals surface area contributed by atoms with Gasteiger partial charge in [0.1, 0.15) is 11.6 Å². The van der Waals surface area contributed by atoms with Crippen molar-refractivity contribution in [3.63, 3.8) is 0 Å². The van der Waals surface area contributed by atoms with Gasteiger partial charge in [0.15, 0.2) is 6.61 Å². The van der Waals surface area contributed by atoms with Crippen molar-refractivity contribution < 1.29 is 27.5 Å². The SMILES string of the molecule is CCOc1ccc(NS(=O)(=O)c2ccc(C)c(C(=O)OCC(=O)Nc3cc(=O)n(C)c(=O)n3C)c2)cc1. The van der Waals surface area contributed by atoms with Crippen LogP contribution in [0.2, 0.25) is 0 Å². The first-order chi connectivity index (χ1) is 17.4. The number of hydrogen-bond acceptors (Lipinski definition) is 8. The second-order valence-corrected chi connectivity index (χ2v) is 9.61. The molecule has 0 radical (unpaired) electrons. The predicted octanol–water partition coefficient (Wildman–Crippen LogP) is 1.39. The van der Waals surface area contributed by atoms with E-state index in [1.807, 2.05) is 6.92 Å². The molecule has 1 amide bonds. The van der Waals surface area contributed by atoms with Crippen LogP contribution in [0.1, 0.15) is 22.8 Å². The molecule has 0 saturated carbocycles. The summed E-state index contributed by atoms with van der Waals surface area (Å²) in [5.74, 6) is -1.20. The fourth-order valence-corrected chi connectivity index (χ4v) is 4.31. The van der Waals surface area contributed by atoms with Gasteiger partial charge in [0.05, 0.1) is 17.1 Å². The van der Waals surface area contributed by atoms with Crippen molar-refractivity contribution >= 4 is 33.4 Å². The first kappa shape index (κ1) is 27.2. The molecule has 1 heterocycles. The highest BCUT2D eigenvalue weighted by Crippen LogP contribution is 2.22. The minimum Gasteiger partial charge on any atom is -0.494 e. The number of sulfonamides is 1. The zero-order chi connectivity index (χ0) is 27.3. The van der Waals surface area contributed by atoms with Crippen LogP contribution in [0.5, 0.6) is 5.75 Å². The smallest absolute Gasteiger partial charge is 0.338 e. The Hall–Kier alpha value is -4.39. The lowest BCUT2D eigenvalue weighted by Gasteiger charge is -2.13. The quantitative estimate of drug-likeness (QED) is 0.393. The molecule has 2 aromatic carbocycles. The van der Waals surface area contributed by atoms with Gasteiger partial charge in [0, 0.05) is 25.8 Å². The number of rotatable bonds is 9. The van der Waals surface area contributed by atoms with E-state index < -0.39 is 39.8 Å². The summed E-state index contributed by atoms with van der Waals surface area (Å²) >= 11 is 0. The summed E-state index contributed by atoms with van der Waals surface area (Å²) in [5.41, 5.74) is -0.590. The largest absolute Gasteiger partial charge is 0.494 e. The van der Waals surface area contributed by atoms with Gasteiger partial charge in [0.2, 0.25) is 0 Å². The number of ether oxygens (including phenoxy) is 2. The summed E-state index contributed by atoms with van der Waals surface area (Å²) in [6.07, 6.45) is 0. The van der Waals surface area contributed by atoms with Crippen molar-refractivity contribution in [2.75, 3.05) is 23.3 Å². The lowest BCUT2D eigenvalue weighted by atomic mass is 10.1. The molecule has 0 fully saturated rings. The van der Waals surface area contributed by atoms with Crippen LogP contribution in [0, 0.1) is 6.92 Å². The number of benzene rings is 2. The van der Waals surface area contributed by atoms with Gasteiger partial charge in [-0.15, -0.1) is 0 Å². The minimum absolute atomic E-state index is 0.0525. The van der Waals surface area contributed by atoms with Gasteiger partial charge in [0.25, 0.3) is 21.5 Å². The molecular weight excluding hydrogens is 504 g/mol. The maximum Gasteiger partial charge on any atom is 0.338 e. The molecule has 0 saturated heterocycles. The molecule has 0 bridgehead atoms. The van der Waals surface area contributed by atoms with E-state index in [2.05, 4.69) is 10.0 Å². The van der Waals surface area contributed by atoms with Crippen molar-refractivity contribution in [3.05, 3.63) is 80.5 Å². The number of amides is 1. The lowest BCUT2D eigenvalue weighted by Crippen LogP contribution is -2.38. The highest BCUT2D eigenvalue weighted by Gasteiger charge is 2.20. The highest BCUT2D eigenvalue weighted by molar-refractivity contribution is 7.92. The van der Waals surface area contributed by atoms with E-state index in [-0.39, 0.29) is 16.3 Å². The van der Waals surface area contributed by atoms with Crippen LogP contribution < -0.4 is 26.0 Å². The first-order valence-corrected chi connectivity index (χ1v) is 12.5. The maximum absolute atomic E-state index is 12.9. The highest BCUT2D eigenvalue weighted by atomic mass is 32.2. The Balaban J connectivity index is 1.71. The third-order valence-corrected chi connectivity index (χ3v) is 6.66. The Bertz CT molecular complexity index is 1560. The molecule has 0 aliphatic carbocycles. The number of anilines is 2. The van der Waals surface area contributed by atoms with Crippen LogP contribution in [0.25, 0.3) is 0 Å². The van der Waals surface area contributed by atoms with Gasteiger partial charge in [-0.1, -0.05) is 6.07 Å². The molecule has 3 rings (SSSR count). The van der Waals surface area contributed by atoms with Crippen molar-refractivity contribution in [3.8, 4) is 5.75 Å². The van der Waals surface area contributed by atoms with E-state index >= 15 is 0 Å². The Morgan fingerprint density at radius 1 is 0.973 bits per heavy atom. The van der Waals surface area contributed by atoms with Crippen LogP contribution in [0.3, 0.4) is 0 Å². The molecule has 0 aliphatic heterocycles. The fraction of sp³-hybridized carbons (Fsp3) is 0.250. The first-order valence-electron chi connectivity index (χ1n) is 11.0. The number of carbonyl (C=O) groups excluding carboxylic acids is 2. The van der Waals surface area contributed by atoms with Gasteiger partial charge >= 0.3 is 11.7 Å². The van der Waals surface area contributed by atoms with Gasteiger partial charge in [-0.05, 0) is 55.8 Å². The van der Waals surface area contributed by atoms with Gasteiger partial charge in [-0.25, -0.2) is 18.0 Å². The van der Waals surface area contributed by atoms with E-state index in [1.165, 1.54) is 26.2 Å². The average molecular weight is 531 g/mol. The van der Waals surface area contributed by atoms with E-state index in [9.17, 15) is 27.6 Å². The summed E-state index contributed by atoms with van der Waals surface area (Å²) in [4.78, 5) is 48.5. The second-order valence-electron chi connectivity index (χ2n) is 7.93. The normalized spacial score (nSPS) is 11.0. The van der Waals surface area contributed by atoms with Gasteiger partial charge in [-0.3, -0.25) is 23.4 Å². The van der Waals surface area contributed by atoms with Crippen LogP contribution in [-0.4, -0.2) is 42.6 Å². The van der Waals surface area contributed by atoms with Crippen molar-refractivity contribution in [1.29, 1.82) is 0 Å². The Kier molecular flexibility index (Phi) is 8.17. The van der Waals surface area contributed by atoms with Crippen LogP contribution >= 0.6 is 0 Å². The molecular formula is C24H26N4O8S. The molecule has 0 aliphatic rings. The molecule has 12 nitrogen and oxygen atoms in total. The van der Waals surface area contributed by atoms with Gasteiger partial charge < -0.3 is 14.8 Å². The molecule has 3 aromatic rings. The average Bonchev–Trinajstić information content (AvgIpc) is 2.86. The van der Waals surface area contributed by atoms with Crippen LogP contribution in [0.4, 0.5) is 11.5 Å². The summed E-state index contributed by atoms with van der Waals surface area (Å²) in [5, 5.41) is 2.33. The lowest BCUT2D eigenvalue weighted by molar-refractivity contribution is -0.119. The van der Waals surface area contributed by atoms with Crippen LogP contribution in [-0.2, 0) is 33.7 Å². The second kappa shape index (κ2) is 11.1. The summed E-state index contributed by atoms with van der Waals surface area (Å²) in [7, 11) is -1.39. The van der Waals surface area contributed by atoms with E-state index in [1.54, 1.807) is 31.2 Å². The van der Waals surface area contributed by atoms with Crippen LogP contribution in [0.15, 0.2) is 63.0 Å². The third kappa shape index (κ3) is 6.44. The van der Waals surface area contributed by atoms with E-state index in [0.717, 1.165) is 21.3 Å². The summed E-state index contributed by atoms with van der Waals surface area (Å²) < 4.78 is 40.5. The molecule has 0 unspecified atom stereocenters. The Morgan fingerprint density at radius 3 is 2.30 bits per heavy atom. The monoisotopic (exact) mass is 530 g/mol. The third-order valence-electron chi connectivity index (χ3n) is 5.28. The van der Waals surface area contributed by atoms with Gasteiger partial charge in [-0.2, -0.15) is 0 Å². The zero-order valence-electron chi connectivity index (χ0n) is 20.6. The van der Waals surface area contributed by atoms with E-state index in [0.29, 0.717) is 23.6 Å². The number of hydrogen-bond donors (Lipinski definition) is 2. The number of esters is 1. The predicted molar refractivity (Wildman–Crippen MR) is 135 cm³/mol. The zero-order valence-corrected chi connectivity index (χ0v) is 21.4. The number of carbonyl (C=O) groups is 2. The number of aromatic nitrogens is 2. The summed E-state index contributed by atoms with van der Waals surface area (Å²) in [6, 6.07) is 11.3. The number of nitrogens with zero attached hydrogens (tertiary/aromatic N) is 2. The standard InChI is InChI=1S/C24H26N4O8S/c1-5-35-17-9-7-16(8-10-17)26-37(33,34)18-11-6-15(2)19(12-18)23(31)36-14-21(29)25-20-13-22(30)28(4)24(32)27(20)3/h6-13,26H,5,14H2,1-4H3,(H,25,29). The number of nitrogens with one attached hydrogen (secondary N) is 2. The Labute approximate surface area is 212 Å². The van der Waals surface area contributed by atoms with Crippen molar-refractivity contribution in [2.24, 2.45) is 14.1 Å². The summed E-state index contributed by atoms with van der Waals surface area (Å²) in [6.45, 7) is 3.16. The van der Waals surface area contributed by atoms with E-state index in [4.69, 9.17) is 9.47 Å². The molecule has 0 spiro atoms. The maximum atomic E-state index is 12.9. The molecule has 196 valence electrons. The van der Waals surface area contributed by atoms with Crippen molar-refractivity contribution in [2.45, 2.75) is 18.7 Å². The Morgan fingerprint density at radius 2 is 1.65 bits per heavy atom. The molecule has 37 heavy (non-hydrogen) atoms. The molecule has 13 heteroatoms. The molecule has 1 aromatic heterocycles. The fourth-order valence-electron chi connectivity index (χ4n) is 3.23. The molecule has 0 atom stereocenters. The van der Waals surface area contributed by atoms with Crippen molar-refractivity contribution in [1.82, 2.24) is 9.13 Å². The minimum atomic E-state index is -4.04. The number of aryl methyl sites for hydroxylation is 1.